The molecule has 1 saturated carbocycles. The fourth-order valence-electron chi connectivity index (χ4n) is 1.29. The number of aromatic nitrogens is 2. The molecule has 1 aliphatic rings. The number of hydrogen-bond acceptors (Lipinski definition) is 4. The van der Waals surface area contributed by atoms with E-state index < -0.39 is 0 Å². The molecule has 4 nitrogen and oxygen atoms in total. The molecule has 1 aromatic rings. The summed E-state index contributed by atoms with van der Waals surface area (Å²) in [4.78, 5) is 8.16. The van der Waals surface area contributed by atoms with Gasteiger partial charge in [0.05, 0.1) is 0 Å². The van der Waals surface area contributed by atoms with Crippen molar-refractivity contribution in [2.24, 2.45) is 11.1 Å². The molecule has 0 aliphatic heterocycles. The Morgan fingerprint density at radius 1 is 1.38 bits per heavy atom. The highest BCUT2D eigenvalue weighted by Crippen LogP contribution is 2.44. The Labute approximate surface area is 77.6 Å². The standard InChI is InChI=1S/C9H14N4/c10-6-9(2-3-9)7-13-8-11-4-1-5-12-8/h1,4-5H,2-3,6-7,10H2,(H,11,12,13). The molecule has 4 heteroatoms. The van der Waals surface area contributed by atoms with Gasteiger partial charge in [-0.1, -0.05) is 0 Å². The molecule has 2 rings (SSSR count). The van der Waals surface area contributed by atoms with Gasteiger partial charge in [0.2, 0.25) is 5.95 Å². The van der Waals surface area contributed by atoms with E-state index in [0.29, 0.717) is 11.4 Å². The van der Waals surface area contributed by atoms with Crippen LogP contribution in [0.25, 0.3) is 0 Å². The molecule has 0 unspecified atom stereocenters. The Balaban J connectivity index is 1.86. The van der Waals surface area contributed by atoms with Crippen molar-refractivity contribution in [3.8, 4) is 0 Å². The van der Waals surface area contributed by atoms with Gasteiger partial charge in [0.15, 0.2) is 0 Å². The average molecular weight is 178 g/mol. The number of anilines is 1. The van der Waals surface area contributed by atoms with Crippen LogP contribution in [-0.4, -0.2) is 23.1 Å². The summed E-state index contributed by atoms with van der Waals surface area (Å²) < 4.78 is 0. The first-order valence-electron chi connectivity index (χ1n) is 4.56. The van der Waals surface area contributed by atoms with E-state index in [0.717, 1.165) is 13.1 Å². The highest BCUT2D eigenvalue weighted by Gasteiger charge is 2.40. The molecule has 1 heterocycles. The molecule has 1 aliphatic carbocycles. The lowest BCUT2D eigenvalue weighted by molar-refractivity contribution is 0.554. The summed E-state index contributed by atoms with van der Waals surface area (Å²) >= 11 is 0. The highest BCUT2D eigenvalue weighted by molar-refractivity contribution is 5.24. The zero-order valence-electron chi connectivity index (χ0n) is 7.53. The molecule has 13 heavy (non-hydrogen) atoms. The number of rotatable bonds is 4. The monoisotopic (exact) mass is 178 g/mol. The summed E-state index contributed by atoms with van der Waals surface area (Å²) in [5.74, 6) is 0.697. The summed E-state index contributed by atoms with van der Waals surface area (Å²) in [5.41, 5.74) is 5.98. The maximum Gasteiger partial charge on any atom is 0.222 e. The third-order valence-electron chi connectivity index (χ3n) is 2.58. The predicted octanol–water partition coefficient (Wildman–Crippen LogP) is 0.627. The first-order valence-corrected chi connectivity index (χ1v) is 4.56. The largest absolute Gasteiger partial charge is 0.354 e. The molecular weight excluding hydrogens is 164 g/mol. The van der Waals surface area contributed by atoms with Crippen LogP contribution in [-0.2, 0) is 0 Å². The first-order chi connectivity index (χ1) is 6.35. The maximum atomic E-state index is 5.65. The van der Waals surface area contributed by atoms with Gasteiger partial charge in [0.25, 0.3) is 0 Å². The molecule has 0 saturated heterocycles. The number of nitrogens with zero attached hydrogens (tertiary/aromatic N) is 2. The second kappa shape index (κ2) is 3.30. The van der Waals surface area contributed by atoms with Crippen LogP contribution in [0, 0.1) is 5.41 Å². The molecule has 1 aromatic heterocycles. The van der Waals surface area contributed by atoms with E-state index in [9.17, 15) is 0 Å². The van der Waals surface area contributed by atoms with Crippen LogP contribution in [0.4, 0.5) is 5.95 Å². The highest BCUT2D eigenvalue weighted by atomic mass is 15.1. The second-order valence-electron chi connectivity index (χ2n) is 3.63. The van der Waals surface area contributed by atoms with Gasteiger partial charge in [-0.2, -0.15) is 0 Å². The van der Waals surface area contributed by atoms with Crippen molar-refractivity contribution >= 4 is 5.95 Å². The van der Waals surface area contributed by atoms with Crippen molar-refractivity contribution in [2.75, 3.05) is 18.4 Å². The van der Waals surface area contributed by atoms with Gasteiger partial charge in [-0.25, -0.2) is 9.97 Å². The van der Waals surface area contributed by atoms with Gasteiger partial charge in [0, 0.05) is 18.9 Å². The molecule has 0 aromatic carbocycles. The normalized spacial score (nSPS) is 18.2. The van der Waals surface area contributed by atoms with Crippen LogP contribution in [0.15, 0.2) is 18.5 Å². The Bertz CT molecular complexity index is 268. The van der Waals surface area contributed by atoms with Crippen molar-refractivity contribution in [1.29, 1.82) is 0 Å². The van der Waals surface area contributed by atoms with E-state index in [-0.39, 0.29) is 0 Å². The third-order valence-corrected chi connectivity index (χ3v) is 2.58. The number of nitrogens with one attached hydrogen (secondary N) is 1. The van der Waals surface area contributed by atoms with Crippen LogP contribution in [0.1, 0.15) is 12.8 Å². The number of nitrogens with two attached hydrogens (primary N) is 1. The van der Waals surface area contributed by atoms with Gasteiger partial charge in [-0.3, -0.25) is 0 Å². The second-order valence-corrected chi connectivity index (χ2v) is 3.63. The predicted molar refractivity (Wildman–Crippen MR) is 51.2 cm³/mol. The average Bonchev–Trinajstić information content (AvgIpc) is 2.97. The molecular formula is C9H14N4. The minimum atomic E-state index is 0.333. The lowest BCUT2D eigenvalue weighted by Gasteiger charge is -2.12. The van der Waals surface area contributed by atoms with Gasteiger partial charge in [-0.05, 0) is 30.9 Å². The van der Waals surface area contributed by atoms with Crippen LogP contribution in [0.5, 0.6) is 0 Å². The van der Waals surface area contributed by atoms with E-state index in [1.807, 2.05) is 0 Å². The van der Waals surface area contributed by atoms with Crippen molar-refractivity contribution in [3.63, 3.8) is 0 Å². The van der Waals surface area contributed by atoms with Crippen LogP contribution < -0.4 is 11.1 Å². The Morgan fingerprint density at radius 2 is 2.08 bits per heavy atom. The van der Waals surface area contributed by atoms with E-state index in [2.05, 4.69) is 15.3 Å². The minimum absolute atomic E-state index is 0.333. The summed E-state index contributed by atoms with van der Waals surface area (Å²) in [6.45, 7) is 1.65. The Hall–Kier alpha value is -1.16. The summed E-state index contributed by atoms with van der Waals surface area (Å²) in [6.07, 6.45) is 5.92. The maximum absolute atomic E-state index is 5.65. The quantitative estimate of drug-likeness (QED) is 0.709. The molecule has 70 valence electrons. The van der Waals surface area contributed by atoms with Crippen molar-refractivity contribution in [3.05, 3.63) is 18.5 Å². The molecule has 0 amide bonds. The van der Waals surface area contributed by atoms with Gasteiger partial charge in [-0.15, -0.1) is 0 Å². The topological polar surface area (TPSA) is 63.8 Å². The fraction of sp³-hybridized carbons (Fsp3) is 0.556. The SMILES string of the molecule is NCC1(CNc2ncccn2)CC1. The molecule has 0 bridgehead atoms. The van der Waals surface area contributed by atoms with Crippen LogP contribution in [0.3, 0.4) is 0 Å². The third kappa shape index (κ3) is 1.95. The molecule has 1 fully saturated rings. The summed E-state index contributed by atoms with van der Waals surface area (Å²) in [6, 6.07) is 1.81. The summed E-state index contributed by atoms with van der Waals surface area (Å²) in [5, 5.41) is 3.20. The molecule has 0 radical (unpaired) electrons. The van der Waals surface area contributed by atoms with Crippen LogP contribution in [0.2, 0.25) is 0 Å². The van der Waals surface area contributed by atoms with Crippen molar-refractivity contribution < 1.29 is 0 Å². The first kappa shape index (κ1) is 8.44. The molecule has 3 N–H and O–H groups in total. The smallest absolute Gasteiger partial charge is 0.222 e. The zero-order valence-corrected chi connectivity index (χ0v) is 7.53. The summed E-state index contributed by atoms with van der Waals surface area (Å²) in [7, 11) is 0. The van der Waals surface area contributed by atoms with Gasteiger partial charge in [0.1, 0.15) is 0 Å². The van der Waals surface area contributed by atoms with E-state index in [1.165, 1.54) is 12.8 Å². The van der Waals surface area contributed by atoms with Crippen LogP contribution >= 0.6 is 0 Å². The van der Waals surface area contributed by atoms with E-state index in [1.54, 1.807) is 18.5 Å². The van der Waals surface area contributed by atoms with E-state index >= 15 is 0 Å². The van der Waals surface area contributed by atoms with Crippen molar-refractivity contribution in [2.45, 2.75) is 12.8 Å². The zero-order chi connectivity index (χ0) is 9.15. The lowest BCUT2D eigenvalue weighted by atomic mass is 10.1. The Morgan fingerprint density at radius 3 is 2.62 bits per heavy atom. The van der Waals surface area contributed by atoms with E-state index in [4.69, 9.17) is 5.73 Å². The lowest BCUT2D eigenvalue weighted by Crippen LogP contribution is -2.24. The number of hydrogen-bond donors (Lipinski definition) is 2. The fourth-order valence-corrected chi connectivity index (χ4v) is 1.29. The van der Waals surface area contributed by atoms with Gasteiger partial charge < -0.3 is 11.1 Å². The van der Waals surface area contributed by atoms with Crippen molar-refractivity contribution in [1.82, 2.24) is 9.97 Å². The molecule has 0 spiro atoms. The minimum Gasteiger partial charge on any atom is -0.354 e. The molecule has 0 atom stereocenters. The Kier molecular flexibility index (Phi) is 2.14. The van der Waals surface area contributed by atoms with Gasteiger partial charge >= 0.3 is 0 Å².